The van der Waals surface area contributed by atoms with Crippen LogP contribution in [-0.2, 0) is 11.3 Å². The molecule has 0 aliphatic carbocycles. The number of amides is 1. The van der Waals surface area contributed by atoms with E-state index in [0.717, 1.165) is 38.8 Å². The van der Waals surface area contributed by atoms with Crippen LogP contribution in [0.15, 0.2) is 11.7 Å². The predicted molar refractivity (Wildman–Crippen MR) is 89.8 cm³/mol. The number of thiazole rings is 1. The summed E-state index contributed by atoms with van der Waals surface area (Å²) in [6.07, 6.45) is 7.17. The van der Waals surface area contributed by atoms with E-state index in [9.17, 15) is 4.79 Å². The predicted octanol–water partition coefficient (Wildman–Crippen LogP) is 3.15. The Bertz CT molecular complexity index is 502. The lowest BCUT2D eigenvalue weighted by atomic mass is 9.87. The molecular weight excluding hydrogens is 294 g/mol. The summed E-state index contributed by atoms with van der Waals surface area (Å²) in [4.78, 5) is 22.6. The van der Waals surface area contributed by atoms with Crippen LogP contribution >= 0.6 is 11.3 Å². The van der Waals surface area contributed by atoms with Crippen molar-refractivity contribution in [1.29, 1.82) is 0 Å². The molecule has 0 bridgehead atoms. The van der Waals surface area contributed by atoms with Gasteiger partial charge < -0.3 is 9.80 Å². The number of carbonyl (C=O) groups excluding carboxylic acids is 1. The van der Waals surface area contributed by atoms with Gasteiger partial charge in [0.25, 0.3) is 0 Å². The molecule has 22 heavy (non-hydrogen) atoms. The van der Waals surface area contributed by atoms with Gasteiger partial charge in [-0.1, -0.05) is 13.8 Å². The summed E-state index contributed by atoms with van der Waals surface area (Å²) in [7, 11) is 0. The van der Waals surface area contributed by atoms with E-state index in [2.05, 4.69) is 28.6 Å². The Hall–Kier alpha value is -0.940. The first-order valence-electron chi connectivity index (χ1n) is 8.49. The second-order valence-corrected chi connectivity index (χ2v) is 8.19. The minimum atomic E-state index is 0.104. The van der Waals surface area contributed by atoms with E-state index in [-0.39, 0.29) is 5.54 Å². The van der Waals surface area contributed by atoms with Gasteiger partial charge in [-0.2, -0.15) is 0 Å². The molecule has 2 saturated heterocycles. The molecule has 1 aromatic rings. The van der Waals surface area contributed by atoms with Crippen LogP contribution in [0, 0.1) is 5.92 Å². The zero-order valence-corrected chi connectivity index (χ0v) is 14.6. The molecule has 3 rings (SSSR count). The van der Waals surface area contributed by atoms with Gasteiger partial charge in [0, 0.05) is 36.1 Å². The smallest absolute Gasteiger partial charge is 0.223 e. The summed E-state index contributed by atoms with van der Waals surface area (Å²) < 4.78 is 0. The highest BCUT2D eigenvalue weighted by Gasteiger charge is 2.45. The molecule has 5 heteroatoms. The molecule has 3 heterocycles. The first-order valence-corrected chi connectivity index (χ1v) is 9.37. The third-order valence-electron chi connectivity index (χ3n) is 5.11. The normalized spacial score (nSPS) is 27.0. The minimum absolute atomic E-state index is 0.104. The van der Waals surface area contributed by atoms with Gasteiger partial charge in [0.15, 0.2) is 0 Å². The number of likely N-dealkylation sites (tertiary alicyclic amines) is 2. The van der Waals surface area contributed by atoms with Crippen LogP contribution < -0.4 is 0 Å². The van der Waals surface area contributed by atoms with E-state index in [4.69, 9.17) is 0 Å². The average molecular weight is 321 g/mol. The molecule has 1 atom stereocenters. The van der Waals surface area contributed by atoms with E-state index < -0.39 is 0 Å². The highest BCUT2D eigenvalue weighted by Crippen LogP contribution is 2.40. The first kappa shape index (κ1) is 15.9. The summed E-state index contributed by atoms with van der Waals surface area (Å²) in [5.41, 5.74) is 1.97. The lowest BCUT2D eigenvalue weighted by Gasteiger charge is -2.38. The molecule has 0 saturated carbocycles. The van der Waals surface area contributed by atoms with Gasteiger partial charge in [0.2, 0.25) is 5.91 Å². The first-order chi connectivity index (χ1) is 10.6. The van der Waals surface area contributed by atoms with E-state index >= 15 is 0 Å². The molecule has 1 unspecified atom stereocenters. The fourth-order valence-electron chi connectivity index (χ4n) is 4.06. The van der Waals surface area contributed by atoms with Gasteiger partial charge in [0.1, 0.15) is 0 Å². The van der Waals surface area contributed by atoms with Crippen molar-refractivity contribution in [3.63, 3.8) is 0 Å². The Labute approximate surface area is 137 Å². The molecule has 0 aromatic carbocycles. The van der Waals surface area contributed by atoms with Crippen molar-refractivity contribution < 1.29 is 4.79 Å². The monoisotopic (exact) mass is 321 g/mol. The fraction of sp³-hybridized carbons (Fsp3) is 0.765. The number of rotatable bonds is 4. The van der Waals surface area contributed by atoms with Crippen molar-refractivity contribution in [2.75, 3.05) is 19.6 Å². The fourth-order valence-corrected chi connectivity index (χ4v) is 4.64. The summed E-state index contributed by atoms with van der Waals surface area (Å²) in [6.45, 7) is 8.82. The van der Waals surface area contributed by atoms with Crippen molar-refractivity contribution in [2.24, 2.45) is 5.92 Å². The van der Waals surface area contributed by atoms with Crippen molar-refractivity contribution in [3.8, 4) is 0 Å². The van der Waals surface area contributed by atoms with Gasteiger partial charge in [-0.15, -0.1) is 11.3 Å². The van der Waals surface area contributed by atoms with Gasteiger partial charge in [0.05, 0.1) is 12.1 Å². The van der Waals surface area contributed by atoms with E-state index in [0.29, 0.717) is 11.8 Å². The maximum Gasteiger partial charge on any atom is 0.223 e. The van der Waals surface area contributed by atoms with Crippen molar-refractivity contribution in [1.82, 2.24) is 14.8 Å². The van der Waals surface area contributed by atoms with Crippen LogP contribution in [0.5, 0.6) is 0 Å². The molecule has 122 valence electrons. The van der Waals surface area contributed by atoms with Crippen molar-refractivity contribution >= 4 is 17.2 Å². The van der Waals surface area contributed by atoms with Crippen LogP contribution in [-0.4, -0.2) is 45.9 Å². The number of hydrogen-bond donors (Lipinski definition) is 0. The molecule has 2 aliphatic heterocycles. The topological polar surface area (TPSA) is 36.4 Å². The third kappa shape index (κ3) is 3.35. The molecule has 4 nitrogen and oxygen atoms in total. The number of carbonyl (C=O) groups is 1. The minimum Gasteiger partial charge on any atom is -0.332 e. The standard InChI is InChI=1S/C17H27N3OS/c1-14(2)11-19-8-3-5-17(7-9-19)6-4-16(21)20(17)12-15-10-18-13-22-15/h10,13-14H,3-9,11-12H2,1-2H3. The van der Waals surface area contributed by atoms with Gasteiger partial charge in [-0.3, -0.25) is 9.78 Å². The van der Waals surface area contributed by atoms with Crippen molar-refractivity contribution in [2.45, 2.75) is 58.0 Å². The molecule has 1 amide bonds. The van der Waals surface area contributed by atoms with Gasteiger partial charge in [-0.25, -0.2) is 0 Å². The highest BCUT2D eigenvalue weighted by atomic mass is 32.1. The Morgan fingerprint density at radius 3 is 2.91 bits per heavy atom. The summed E-state index contributed by atoms with van der Waals surface area (Å²) in [5, 5.41) is 0. The molecule has 2 fully saturated rings. The molecule has 0 N–H and O–H groups in total. The lowest BCUT2D eigenvalue weighted by Crippen LogP contribution is -2.45. The Balaban J connectivity index is 1.71. The molecule has 2 aliphatic rings. The van der Waals surface area contributed by atoms with Crippen LogP contribution in [0.3, 0.4) is 0 Å². The summed E-state index contributed by atoms with van der Waals surface area (Å²) in [5.74, 6) is 1.05. The average Bonchev–Trinajstić information content (AvgIpc) is 3.02. The van der Waals surface area contributed by atoms with Crippen LogP contribution in [0.1, 0.15) is 50.8 Å². The van der Waals surface area contributed by atoms with Gasteiger partial charge in [-0.05, 0) is 38.1 Å². The maximum absolute atomic E-state index is 12.4. The second-order valence-electron chi connectivity index (χ2n) is 7.22. The van der Waals surface area contributed by atoms with E-state index in [1.54, 1.807) is 11.3 Å². The van der Waals surface area contributed by atoms with Crippen LogP contribution in [0.2, 0.25) is 0 Å². The Morgan fingerprint density at radius 2 is 2.18 bits per heavy atom. The Morgan fingerprint density at radius 1 is 1.32 bits per heavy atom. The third-order valence-corrected chi connectivity index (χ3v) is 5.87. The number of aromatic nitrogens is 1. The maximum atomic E-state index is 12.4. The van der Waals surface area contributed by atoms with Crippen molar-refractivity contribution in [3.05, 3.63) is 16.6 Å². The van der Waals surface area contributed by atoms with Crippen LogP contribution in [0.4, 0.5) is 0 Å². The summed E-state index contributed by atoms with van der Waals surface area (Å²) in [6, 6.07) is 0. The lowest BCUT2D eigenvalue weighted by molar-refractivity contribution is -0.132. The van der Waals surface area contributed by atoms with E-state index in [1.165, 1.54) is 24.4 Å². The molecular formula is C17H27N3OS. The quantitative estimate of drug-likeness (QED) is 0.855. The summed E-state index contributed by atoms with van der Waals surface area (Å²) >= 11 is 1.66. The Kier molecular flexibility index (Phi) is 4.83. The zero-order valence-electron chi connectivity index (χ0n) is 13.8. The zero-order chi connectivity index (χ0) is 15.6. The number of nitrogens with zero attached hydrogens (tertiary/aromatic N) is 3. The molecule has 0 radical (unpaired) electrons. The largest absolute Gasteiger partial charge is 0.332 e. The molecule has 1 spiro atoms. The SMILES string of the molecule is CC(C)CN1CCCC2(CCC(=O)N2Cc2cncs2)CC1. The van der Waals surface area contributed by atoms with Gasteiger partial charge >= 0.3 is 0 Å². The highest BCUT2D eigenvalue weighted by molar-refractivity contribution is 7.09. The second kappa shape index (κ2) is 6.67. The van der Waals surface area contributed by atoms with E-state index in [1.807, 2.05) is 11.7 Å². The van der Waals surface area contributed by atoms with Crippen LogP contribution in [0.25, 0.3) is 0 Å². The number of hydrogen-bond acceptors (Lipinski definition) is 4. The molecule has 1 aromatic heterocycles.